The van der Waals surface area contributed by atoms with E-state index in [-0.39, 0.29) is 0 Å². The molecule has 4 rings (SSSR count). The Morgan fingerprint density at radius 2 is 1.17 bits per heavy atom. The lowest BCUT2D eigenvalue weighted by Crippen LogP contribution is -2.12. The van der Waals surface area contributed by atoms with Crippen molar-refractivity contribution in [3.63, 3.8) is 0 Å². The smallest absolute Gasteiger partial charge is 0.0150 e. The predicted octanol–water partition coefficient (Wildman–Crippen LogP) is 8.43. The van der Waals surface area contributed by atoms with Gasteiger partial charge in [-0.05, 0) is 84.1 Å². The Bertz CT molecular complexity index is 881. The molecule has 3 aromatic rings. The van der Waals surface area contributed by atoms with Crippen molar-refractivity contribution in [3.8, 4) is 0 Å². The van der Waals surface area contributed by atoms with Crippen molar-refractivity contribution in [3.05, 3.63) is 107 Å². The summed E-state index contributed by atoms with van der Waals surface area (Å²) in [6.45, 7) is 4.59. The van der Waals surface area contributed by atoms with E-state index >= 15 is 0 Å². The first-order chi connectivity index (χ1) is 14.7. The zero-order valence-corrected chi connectivity index (χ0v) is 18.7. The molecule has 0 saturated heterocycles. The summed E-state index contributed by atoms with van der Waals surface area (Å²) in [5.41, 5.74) is 7.47. The van der Waals surface area contributed by atoms with Crippen LogP contribution in [0.1, 0.15) is 91.5 Å². The molecule has 1 aliphatic rings. The van der Waals surface area contributed by atoms with Crippen LogP contribution < -0.4 is 0 Å². The van der Waals surface area contributed by atoms with Gasteiger partial charge in [0.15, 0.2) is 0 Å². The fourth-order valence-corrected chi connectivity index (χ4v) is 5.18. The summed E-state index contributed by atoms with van der Waals surface area (Å²) in [6.07, 6.45) is 8.84. The number of hydrogen-bond donors (Lipinski definition) is 0. The lowest BCUT2D eigenvalue weighted by atomic mass is 9.76. The Morgan fingerprint density at radius 1 is 0.667 bits per heavy atom. The van der Waals surface area contributed by atoms with Gasteiger partial charge in [-0.3, -0.25) is 0 Å². The molecule has 0 unspecified atom stereocenters. The van der Waals surface area contributed by atoms with Gasteiger partial charge in [0.05, 0.1) is 0 Å². The highest BCUT2D eigenvalue weighted by Gasteiger charge is 2.23. The maximum Gasteiger partial charge on any atom is -0.0150 e. The van der Waals surface area contributed by atoms with Gasteiger partial charge >= 0.3 is 0 Å². The first-order valence-electron chi connectivity index (χ1n) is 12.0. The minimum atomic E-state index is 0.566. The zero-order valence-electron chi connectivity index (χ0n) is 18.7. The van der Waals surface area contributed by atoms with Crippen LogP contribution in [0.5, 0.6) is 0 Å². The zero-order chi connectivity index (χ0) is 20.8. The van der Waals surface area contributed by atoms with Gasteiger partial charge in [0.2, 0.25) is 0 Å². The van der Waals surface area contributed by atoms with Crippen molar-refractivity contribution in [2.45, 2.75) is 76.5 Å². The first kappa shape index (κ1) is 20.9. The summed E-state index contributed by atoms with van der Waals surface area (Å²) in [4.78, 5) is 0. The van der Waals surface area contributed by atoms with Crippen molar-refractivity contribution in [2.24, 2.45) is 0 Å². The van der Waals surface area contributed by atoms with Crippen LogP contribution in [0.3, 0.4) is 0 Å². The highest BCUT2D eigenvalue weighted by Crippen LogP contribution is 2.40. The molecule has 0 bridgehead atoms. The maximum absolute atomic E-state index is 2.40. The van der Waals surface area contributed by atoms with Crippen LogP contribution in [-0.4, -0.2) is 0 Å². The normalized spacial score (nSPS) is 20.1. The van der Waals surface area contributed by atoms with Crippen LogP contribution in [0.4, 0.5) is 0 Å². The Labute approximate surface area is 183 Å². The van der Waals surface area contributed by atoms with E-state index in [4.69, 9.17) is 0 Å². The Balaban J connectivity index is 1.31. The molecule has 0 heteroatoms. The molecule has 3 aromatic carbocycles. The van der Waals surface area contributed by atoms with Gasteiger partial charge < -0.3 is 0 Å². The van der Waals surface area contributed by atoms with E-state index in [1.807, 2.05) is 0 Å². The Hall–Kier alpha value is -2.34. The van der Waals surface area contributed by atoms with E-state index in [1.54, 1.807) is 11.1 Å². The summed E-state index contributed by atoms with van der Waals surface area (Å²) in [6, 6.07) is 29.9. The number of rotatable bonds is 7. The predicted molar refractivity (Wildman–Crippen MR) is 129 cm³/mol. The van der Waals surface area contributed by atoms with Gasteiger partial charge in [0.25, 0.3) is 0 Å². The molecule has 0 aromatic heterocycles. The molecule has 1 saturated carbocycles. The van der Waals surface area contributed by atoms with Crippen molar-refractivity contribution in [1.29, 1.82) is 0 Å². The lowest BCUT2D eigenvalue weighted by molar-refractivity contribution is 0.396. The summed E-state index contributed by atoms with van der Waals surface area (Å²) in [5, 5.41) is 0. The second-order valence-electron chi connectivity index (χ2n) is 9.30. The standard InChI is InChI=1S/C30H36/c1-3-7-24-10-14-27(15-11-24)29-18-20-30(21-19-29)28-16-12-25(13-17-28)22-23(2)26-8-5-4-6-9-26/h4-6,8-17,23,29-30H,3,7,18-22H2,1-2H3/t23-,29?,30?/m0/s1. The molecular weight excluding hydrogens is 360 g/mol. The van der Waals surface area contributed by atoms with Crippen molar-refractivity contribution in [1.82, 2.24) is 0 Å². The lowest BCUT2D eigenvalue weighted by Gasteiger charge is -2.29. The van der Waals surface area contributed by atoms with Gasteiger partial charge in [0, 0.05) is 0 Å². The minimum Gasteiger partial charge on any atom is -0.0651 e. The van der Waals surface area contributed by atoms with Crippen LogP contribution >= 0.6 is 0 Å². The van der Waals surface area contributed by atoms with Crippen molar-refractivity contribution >= 4 is 0 Å². The molecular formula is C30H36. The topological polar surface area (TPSA) is 0 Å². The molecule has 0 N–H and O–H groups in total. The van der Waals surface area contributed by atoms with Crippen LogP contribution in [0.25, 0.3) is 0 Å². The van der Waals surface area contributed by atoms with Gasteiger partial charge in [-0.15, -0.1) is 0 Å². The second-order valence-corrected chi connectivity index (χ2v) is 9.30. The van der Waals surface area contributed by atoms with Crippen LogP contribution in [-0.2, 0) is 12.8 Å². The highest BCUT2D eigenvalue weighted by molar-refractivity contribution is 5.30. The van der Waals surface area contributed by atoms with Crippen LogP contribution in [0, 0.1) is 0 Å². The summed E-state index contributed by atoms with van der Waals surface area (Å²) >= 11 is 0. The van der Waals surface area contributed by atoms with E-state index < -0.39 is 0 Å². The van der Waals surface area contributed by atoms with Gasteiger partial charge in [-0.2, -0.15) is 0 Å². The van der Waals surface area contributed by atoms with E-state index in [9.17, 15) is 0 Å². The largest absolute Gasteiger partial charge is 0.0651 e. The van der Waals surface area contributed by atoms with Gasteiger partial charge in [-0.25, -0.2) is 0 Å². The van der Waals surface area contributed by atoms with E-state index in [0.29, 0.717) is 5.92 Å². The number of benzene rings is 3. The molecule has 156 valence electrons. The quantitative estimate of drug-likeness (QED) is 0.376. The molecule has 0 spiro atoms. The summed E-state index contributed by atoms with van der Waals surface area (Å²) in [5.74, 6) is 2.06. The second kappa shape index (κ2) is 10.1. The highest BCUT2D eigenvalue weighted by atomic mass is 14.3. The molecule has 0 amide bonds. The summed E-state index contributed by atoms with van der Waals surface area (Å²) < 4.78 is 0. The Morgan fingerprint density at radius 3 is 1.67 bits per heavy atom. The SMILES string of the molecule is CCCc1ccc(C2CCC(c3ccc(C[C@H](C)c4ccccc4)cc3)CC2)cc1. The molecule has 0 heterocycles. The molecule has 1 atom stereocenters. The Kier molecular flexibility index (Phi) is 7.05. The number of aryl methyl sites for hydroxylation is 1. The average Bonchev–Trinajstić information content (AvgIpc) is 2.81. The summed E-state index contributed by atoms with van der Waals surface area (Å²) in [7, 11) is 0. The fourth-order valence-electron chi connectivity index (χ4n) is 5.18. The molecule has 1 aliphatic carbocycles. The van der Waals surface area contributed by atoms with E-state index in [1.165, 1.54) is 55.2 Å². The third-order valence-electron chi connectivity index (χ3n) is 7.08. The van der Waals surface area contributed by atoms with Gasteiger partial charge in [-0.1, -0.05) is 99.1 Å². The number of hydrogen-bond acceptors (Lipinski definition) is 0. The van der Waals surface area contributed by atoms with Gasteiger partial charge in [0.1, 0.15) is 0 Å². The average molecular weight is 397 g/mol. The van der Waals surface area contributed by atoms with Crippen molar-refractivity contribution < 1.29 is 0 Å². The molecule has 0 aliphatic heterocycles. The van der Waals surface area contributed by atoms with Crippen LogP contribution in [0.2, 0.25) is 0 Å². The van der Waals surface area contributed by atoms with Crippen molar-refractivity contribution in [2.75, 3.05) is 0 Å². The van der Waals surface area contributed by atoms with Crippen LogP contribution in [0.15, 0.2) is 78.9 Å². The molecule has 0 radical (unpaired) electrons. The third kappa shape index (κ3) is 5.22. The maximum atomic E-state index is 2.40. The fraction of sp³-hybridized carbons (Fsp3) is 0.400. The molecule has 30 heavy (non-hydrogen) atoms. The first-order valence-corrected chi connectivity index (χ1v) is 12.0. The molecule has 0 nitrogen and oxygen atoms in total. The van der Waals surface area contributed by atoms with E-state index in [0.717, 1.165) is 18.3 Å². The molecule has 1 fully saturated rings. The minimum absolute atomic E-state index is 0.566. The van der Waals surface area contributed by atoms with E-state index in [2.05, 4.69) is 92.7 Å². The monoisotopic (exact) mass is 396 g/mol. The third-order valence-corrected chi connectivity index (χ3v) is 7.08.